The average molecular weight is 300 g/mol. The minimum absolute atomic E-state index is 0.0421. The van der Waals surface area contributed by atoms with Crippen LogP contribution >= 0.6 is 11.8 Å². The summed E-state index contributed by atoms with van der Waals surface area (Å²) < 4.78 is 0. The number of hydrogen-bond acceptors (Lipinski definition) is 3. The molecule has 0 bridgehead atoms. The highest BCUT2D eigenvalue weighted by molar-refractivity contribution is 7.98. The van der Waals surface area contributed by atoms with Crippen LogP contribution in [0.25, 0.3) is 0 Å². The number of aryl methyl sites for hydroxylation is 1. The first kappa shape index (κ1) is 15.4. The highest BCUT2D eigenvalue weighted by Crippen LogP contribution is 2.20. The SMILES string of the molecule is CSc1ccc(CN(C)C(=O)c2c(C)cccc2N)cc1. The van der Waals surface area contributed by atoms with Gasteiger partial charge < -0.3 is 10.6 Å². The van der Waals surface area contributed by atoms with Gasteiger partial charge in [0.25, 0.3) is 5.91 Å². The lowest BCUT2D eigenvalue weighted by Crippen LogP contribution is -2.27. The van der Waals surface area contributed by atoms with Crippen molar-refractivity contribution in [1.82, 2.24) is 4.90 Å². The monoisotopic (exact) mass is 300 g/mol. The van der Waals surface area contributed by atoms with E-state index in [0.717, 1.165) is 11.1 Å². The lowest BCUT2D eigenvalue weighted by atomic mass is 10.1. The smallest absolute Gasteiger partial charge is 0.256 e. The summed E-state index contributed by atoms with van der Waals surface area (Å²) in [6.45, 7) is 2.48. The van der Waals surface area contributed by atoms with Crippen LogP contribution in [0.5, 0.6) is 0 Å². The van der Waals surface area contributed by atoms with Crippen molar-refractivity contribution in [1.29, 1.82) is 0 Å². The molecule has 2 N–H and O–H groups in total. The van der Waals surface area contributed by atoms with E-state index in [1.807, 2.05) is 25.3 Å². The van der Waals surface area contributed by atoms with Crippen molar-refractivity contribution in [3.05, 3.63) is 59.2 Å². The number of anilines is 1. The van der Waals surface area contributed by atoms with E-state index in [-0.39, 0.29) is 5.91 Å². The van der Waals surface area contributed by atoms with Crippen LogP contribution in [0.2, 0.25) is 0 Å². The van der Waals surface area contributed by atoms with Crippen molar-refractivity contribution in [2.24, 2.45) is 0 Å². The number of nitrogens with two attached hydrogens (primary N) is 1. The van der Waals surface area contributed by atoms with Gasteiger partial charge in [-0.2, -0.15) is 0 Å². The maximum atomic E-state index is 12.6. The van der Waals surface area contributed by atoms with Gasteiger partial charge in [-0.15, -0.1) is 11.8 Å². The zero-order valence-corrected chi connectivity index (χ0v) is 13.4. The largest absolute Gasteiger partial charge is 0.398 e. The predicted octanol–water partition coefficient (Wildman–Crippen LogP) is 3.57. The molecule has 0 fully saturated rings. The van der Waals surface area contributed by atoms with Gasteiger partial charge in [0, 0.05) is 24.2 Å². The van der Waals surface area contributed by atoms with Gasteiger partial charge in [0.1, 0.15) is 0 Å². The molecule has 0 aromatic heterocycles. The predicted molar refractivity (Wildman–Crippen MR) is 89.6 cm³/mol. The third-order valence-corrected chi connectivity index (χ3v) is 4.19. The Labute approximate surface area is 130 Å². The molecule has 0 spiro atoms. The summed E-state index contributed by atoms with van der Waals surface area (Å²) in [5.41, 5.74) is 9.09. The van der Waals surface area contributed by atoms with E-state index >= 15 is 0 Å². The molecule has 0 aliphatic carbocycles. The summed E-state index contributed by atoms with van der Waals surface area (Å²) in [5.74, 6) is -0.0421. The van der Waals surface area contributed by atoms with Crippen LogP contribution in [0.3, 0.4) is 0 Å². The molecule has 2 aromatic carbocycles. The number of hydrogen-bond donors (Lipinski definition) is 1. The van der Waals surface area contributed by atoms with E-state index in [9.17, 15) is 4.79 Å². The molecule has 0 atom stereocenters. The third kappa shape index (κ3) is 3.58. The Kier molecular flexibility index (Phi) is 4.91. The molecule has 1 amide bonds. The Balaban J connectivity index is 2.15. The molecule has 21 heavy (non-hydrogen) atoms. The fourth-order valence-electron chi connectivity index (χ4n) is 2.25. The van der Waals surface area contributed by atoms with E-state index in [2.05, 4.69) is 24.3 Å². The van der Waals surface area contributed by atoms with Crippen LogP contribution in [0.1, 0.15) is 21.5 Å². The van der Waals surface area contributed by atoms with Crippen molar-refractivity contribution >= 4 is 23.4 Å². The Morgan fingerprint density at radius 3 is 2.43 bits per heavy atom. The summed E-state index contributed by atoms with van der Waals surface area (Å²) in [4.78, 5) is 15.5. The minimum Gasteiger partial charge on any atom is -0.398 e. The number of amides is 1. The summed E-state index contributed by atoms with van der Waals surface area (Å²) in [5, 5.41) is 0. The van der Waals surface area contributed by atoms with Gasteiger partial charge in [0.2, 0.25) is 0 Å². The second-order valence-corrected chi connectivity index (χ2v) is 5.93. The highest BCUT2D eigenvalue weighted by Gasteiger charge is 2.17. The number of thioether (sulfide) groups is 1. The fraction of sp³-hybridized carbons (Fsp3) is 0.235. The maximum Gasteiger partial charge on any atom is 0.256 e. The van der Waals surface area contributed by atoms with Crippen LogP contribution < -0.4 is 5.73 Å². The molecule has 0 aliphatic heterocycles. The van der Waals surface area contributed by atoms with E-state index in [1.165, 1.54) is 4.90 Å². The molecule has 2 aromatic rings. The molecule has 0 saturated carbocycles. The number of carbonyl (C=O) groups excluding carboxylic acids is 1. The summed E-state index contributed by atoms with van der Waals surface area (Å²) >= 11 is 1.71. The topological polar surface area (TPSA) is 46.3 Å². The first-order valence-electron chi connectivity index (χ1n) is 6.76. The Bertz CT molecular complexity index is 617. The molecule has 4 heteroatoms. The maximum absolute atomic E-state index is 12.6. The Hall–Kier alpha value is -1.94. The summed E-state index contributed by atoms with van der Waals surface area (Å²) in [6.07, 6.45) is 2.05. The van der Waals surface area contributed by atoms with Crippen LogP contribution in [0.15, 0.2) is 47.4 Å². The minimum atomic E-state index is -0.0421. The van der Waals surface area contributed by atoms with Crippen LogP contribution in [-0.2, 0) is 6.54 Å². The van der Waals surface area contributed by atoms with Gasteiger partial charge in [-0.25, -0.2) is 0 Å². The number of nitrogen functional groups attached to an aromatic ring is 1. The number of rotatable bonds is 4. The van der Waals surface area contributed by atoms with Crippen molar-refractivity contribution in [3.8, 4) is 0 Å². The van der Waals surface area contributed by atoms with Gasteiger partial charge in [-0.3, -0.25) is 4.79 Å². The van der Waals surface area contributed by atoms with Gasteiger partial charge in [0.15, 0.2) is 0 Å². The molecule has 0 heterocycles. The van der Waals surface area contributed by atoms with E-state index in [4.69, 9.17) is 5.73 Å². The second-order valence-electron chi connectivity index (χ2n) is 5.05. The van der Waals surface area contributed by atoms with Crippen molar-refractivity contribution < 1.29 is 4.79 Å². The van der Waals surface area contributed by atoms with Crippen molar-refractivity contribution in [3.63, 3.8) is 0 Å². The average Bonchev–Trinajstić information content (AvgIpc) is 2.47. The van der Waals surface area contributed by atoms with Crippen LogP contribution in [-0.4, -0.2) is 24.1 Å². The fourth-order valence-corrected chi connectivity index (χ4v) is 2.66. The zero-order chi connectivity index (χ0) is 15.4. The summed E-state index contributed by atoms with van der Waals surface area (Å²) in [7, 11) is 1.80. The van der Waals surface area contributed by atoms with Gasteiger partial charge >= 0.3 is 0 Å². The standard InChI is InChI=1S/C17H20N2OS/c1-12-5-4-6-15(18)16(12)17(20)19(2)11-13-7-9-14(21-3)10-8-13/h4-10H,11,18H2,1-3H3. The first-order valence-corrected chi connectivity index (χ1v) is 7.99. The normalized spacial score (nSPS) is 10.4. The van der Waals surface area contributed by atoms with Gasteiger partial charge in [0.05, 0.1) is 5.56 Å². The molecule has 0 aliphatic rings. The van der Waals surface area contributed by atoms with E-state index in [1.54, 1.807) is 29.8 Å². The molecule has 0 radical (unpaired) electrons. The zero-order valence-electron chi connectivity index (χ0n) is 12.6. The lowest BCUT2D eigenvalue weighted by Gasteiger charge is -2.19. The lowest BCUT2D eigenvalue weighted by molar-refractivity contribution is 0.0785. The Morgan fingerprint density at radius 2 is 1.86 bits per heavy atom. The third-order valence-electron chi connectivity index (χ3n) is 3.44. The van der Waals surface area contributed by atoms with Crippen molar-refractivity contribution in [2.75, 3.05) is 19.0 Å². The molecule has 2 rings (SSSR count). The molecular weight excluding hydrogens is 280 g/mol. The number of benzene rings is 2. The molecular formula is C17H20N2OS. The van der Waals surface area contributed by atoms with Gasteiger partial charge in [-0.05, 0) is 42.5 Å². The molecule has 110 valence electrons. The van der Waals surface area contributed by atoms with E-state index < -0.39 is 0 Å². The first-order chi connectivity index (χ1) is 10.0. The van der Waals surface area contributed by atoms with Gasteiger partial charge in [-0.1, -0.05) is 24.3 Å². The van der Waals surface area contributed by atoms with E-state index in [0.29, 0.717) is 17.8 Å². The van der Waals surface area contributed by atoms with Crippen molar-refractivity contribution in [2.45, 2.75) is 18.4 Å². The molecule has 3 nitrogen and oxygen atoms in total. The van der Waals surface area contributed by atoms with Crippen LogP contribution in [0.4, 0.5) is 5.69 Å². The quantitative estimate of drug-likeness (QED) is 0.693. The summed E-state index contributed by atoms with van der Waals surface area (Å²) in [6, 6.07) is 13.8. The molecule has 0 saturated heterocycles. The highest BCUT2D eigenvalue weighted by atomic mass is 32.2. The molecule has 0 unspecified atom stereocenters. The second kappa shape index (κ2) is 6.68. The number of nitrogens with zero attached hydrogens (tertiary/aromatic N) is 1. The van der Waals surface area contributed by atoms with Crippen LogP contribution in [0, 0.1) is 6.92 Å². The Morgan fingerprint density at radius 1 is 1.19 bits per heavy atom. The number of carbonyl (C=O) groups is 1.